The minimum Gasteiger partial charge on any atom is -0.298 e. The van der Waals surface area contributed by atoms with Gasteiger partial charge in [-0.25, -0.2) is 0 Å². The standard InChI is InChI=1S/C28H27N/c1-21-7-6-8-22(19-21)20-29-17-15-25(16-18-29)28-26-11-4-2-9-23(26)13-14-24-10-3-5-12-27(24)28/h2-14,19H,15-18,20H2,1H3. The molecule has 0 amide bonds. The Morgan fingerprint density at radius 2 is 1.34 bits per heavy atom. The highest BCUT2D eigenvalue weighted by Crippen LogP contribution is 2.38. The van der Waals surface area contributed by atoms with Crippen molar-refractivity contribution in [3.63, 3.8) is 0 Å². The largest absolute Gasteiger partial charge is 0.298 e. The predicted molar refractivity (Wildman–Crippen MR) is 124 cm³/mol. The number of benzene rings is 3. The molecule has 0 spiro atoms. The van der Waals surface area contributed by atoms with Gasteiger partial charge in [0.2, 0.25) is 0 Å². The van der Waals surface area contributed by atoms with E-state index >= 15 is 0 Å². The molecule has 1 saturated heterocycles. The van der Waals surface area contributed by atoms with Gasteiger partial charge in [0.05, 0.1) is 0 Å². The van der Waals surface area contributed by atoms with Crippen LogP contribution in [0, 0.1) is 6.92 Å². The van der Waals surface area contributed by atoms with Crippen molar-refractivity contribution < 1.29 is 0 Å². The monoisotopic (exact) mass is 377 g/mol. The van der Waals surface area contributed by atoms with Gasteiger partial charge in [0.1, 0.15) is 0 Å². The van der Waals surface area contributed by atoms with Crippen molar-refractivity contribution in [1.29, 1.82) is 0 Å². The molecule has 5 rings (SSSR count). The lowest BCUT2D eigenvalue weighted by molar-refractivity contribution is 0.248. The molecule has 2 aliphatic rings. The minimum atomic E-state index is 1.05. The first-order chi connectivity index (χ1) is 14.3. The first-order valence-electron chi connectivity index (χ1n) is 10.6. The third kappa shape index (κ3) is 3.71. The highest BCUT2D eigenvalue weighted by molar-refractivity contribution is 5.94. The summed E-state index contributed by atoms with van der Waals surface area (Å²) in [6.07, 6.45) is 6.83. The smallest absolute Gasteiger partial charge is 0.0234 e. The Balaban J connectivity index is 1.47. The second-order valence-electron chi connectivity index (χ2n) is 8.25. The number of nitrogens with zero attached hydrogens (tertiary/aromatic N) is 1. The number of piperidine rings is 1. The van der Waals surface area contributed by atoms with Crippen LogP contribution in [0.4, 0.5) is 0 Å². The van der Waals surface area contributed by atoms with E-state index < -0.39 is 0 Å². The maximum atomic E-state index is 2.60. The fraction of sp³-hybridized carbons (Fsp3) is 0.214. The zero-order valence-corrected chi connectivity index (χ0v) is 17.1. The zero-order chi connectivity index (χ0) is 19.6. The molecule has 0 bridgehead atoms. The topological polar surface area (TPSA) is 3.24 Å². The molecule has 1 heteroatoms. The molecule has 3 aromatic rings. The summed E-state index contributed by atoms with van der Waals surface area (Å²) >= 11 is 0. The lowest BCUT2D eigenvalue weighted by Crippen LogP contribution is -2.30. The van der Waals surface area contributed by atoms with Crippen molar-refractivity contribution in [3.05, 3.63) is 112 Å². The number of hydrogen-bond donors (Lipinski definition) is 0. The third-order valence-corrected chi connectivity index (χ3v) is 6.20. The summed E-state index contributed by atoms with van der Waals surface area (Å²) in [5.41, 5.74) is 11.3. The van der Waals surface area contributed by atoms with Crippen molar-refractivity contribution in [1.82, 2.24) is 4.90 Å². The van der Waals surface area contributed by atoms with Crippen LogP contribution in [0.2, 0.25) is 0 Å². The van der Waals surface area contributed by atoms with Crippen LogP contribution in [-0.4, -0.2) is 18.0 Å². The van der Waals surface area contributed by atoms with Crippen molar-refractivity contribution >= 4 is 17.7 Å². The number of fused-ring (bicyclic) bond motifs is 2. The van der Waals surface area contributed by atoms with E-state index in [4.69, 9.17) is 0 Å². The van der Waals surface area contributed by atoms with Crippen LogP contribution in [0.3, 0.4) is 0 Å². The molecule has 144 valence electrons. The van der Waals surface area contributed by atoms with E-state index in [2.05, 4.69) is 96.8 Å². The normalized spacial score (nSPS) is 16.3. The Hall–Kier alpha value is -2.90. The molecule has 1 heterocycles. The zero-order valence-electron chi connectivity index (χ0n) is 17.1. The predicted octanol–water partition coefficient (Wildman–Crippen LogP) is 6.58. The highest BCUT2D eigenvalue weighted by atomic mass is 15.1. The first-order valence-corrected chi connectivity index (χ1v) is 10.6. The maximum absolute atomic E-state index is 2.60. The molecular formula is C28H27N. The van der Waals surface area contributed by atoms with Crippen LogP contribution in [0.5, 0.6) is 0 Å². The number of hydrogen-bond acceptors (Lipinski definition) is 1. The highest BCUT2D eigenvalue weighted by Gasteiger charge is 2.22. The molecule has 0 aromatic heterocycles. The van der Waals surface area contributed by atoms with E-state index in [9.17, 15) is 0 Å². The van der Waals surface area contributed by atoms with Crippen LogP contribution in [0.15, 0.2) is 78.4 Å². The van der Waals surface area contributed by atoms with Gasteiger partial charge in [-0.05, 0) is 53.2 Å². The Bertz CT molecular complexity index is 1040. The van der Waals surface area contributed by atoms with Gasteiger partial charge in [0.15, 0.2) is 0 Å². The molecule has 1 aliphatic heterocycles. The number of rotatable bonds is 2. The van der Waals surface area contributed by atoms with Crippen LogP contribution in [-0.2, 0) is 6.54 Å². The summed E-state index contributed by atoms with van der Waals surface area (Å²) in [6.45, 7) is 5.49. The fourth-order valence-electron chi connectivity index (χ4n) is 4.75. The molecule has 0 N–H and O–H groups in total. The number of aryl methyl sites for hydroxylation is 1. The van der Waals surface area contributed by atoms with Gasteiger partial charge in [-0.3, -0.25) is 4.90 Å². The number of likely N-dealkylation sites (tertiary alicyclic amines) is 1. The average molecular weight is 378 g/mol. The quantitative estimate of drug-likeness (QED) is 0.381. The fourth-order valence-corrected chi connectivity index (χ4v) is 4.75. The molecule has 0 atom stereocenters. The van der Waals surface area contributed by atoms with Crippen LogP contribution < -0.4 is 0 Å². The lowest BCUT2D eigenvalue weighted by atomic mass is 9.86. The van der Waals surface area contributed by atoms with Crippen molar-refractivity contribution in [2.45, 2.75) is 26.3 Å². The van der Waals surface area contributed by atoms with Crippen molar-refractivity contribution in [2.24, 2.45) is 0 Å². The van der Waals surface area contributed by atoms with Gasteiger partial charge in [-0.2, -0.15) is 0 Å². The van der Waals surface area contributed by atoms with E-state index in [0.29, 0.717) is 0 Å². The Morgan fingerprint density at radius 3 is 1.97 bits per heavy atom. The van der Waals surface area contributed by atoms with E-state index in [1.165, 1.54) is 39.0 Å². The van der Waals surface area contributed by atoms with Crippen molar-refractivity contribution in [3.8, 4) is 0 Å². The van der Waals surface area contributed by atoms with Crippen LogP contribution in [0.1, 0.15) is 46.2 Å². The second-order valence-corrected chi connectivity index (χ2v) is 8.25. The summed E-state index contributed by atoms with van der Waals surface area (Å²) in [7, 11) is 0. The molecular weight excluding hydrogens is 350 g/mol. The molecule has 3 aromatic carbocycles. The molecule has 0 unspecified atom stereocenters. The van der Waals surface area contributed by atoms with E-state index in [1.54, 1.807) is 5.57 Å². The first kappa shape index (κ1) is 18.1. The van der Waals surface area contributed by atoms with Crippen LogP contribution in [0.25, 0.3) is 17.7 Å². The molecule has 0 radical (unpaired) electrons. The Kier molecular flexibility index (Phi) is 4.91. The molecule has 1 fully saturated rings. The van der Waals surface area contributed by atoms with Gasteiger partial charge in [-0.1, -0.05) is 96.1 Å². The summed E-state index contributed by atoms with van der Waals surface area (Å²) in [5, 5.41) is 0. The van der Waals surface area contributed by atoms with Crippen molar-refractivity contribution in [2.75, 3.05) is 13.1 Å². The van der Waals surface area contributed by atoms with Gasteiger partial charge >= 0.3 is 0 Å². The van der Waals surface area contributed by atoms with Gasteiger partial charge < -0.3 is 0 Å². The lowest BCUT2D eigenvalue weighted by Gasteiger charge is -2.30. The van der Waals surface area contributed by atoms with E-state index in [-0.39, 0.29) is 0 Å². The maximum Gasteiger partial charge on any atom is 0.0234 e. The molecule has 1 aliphatic carbocycles. The Morgan fingerprint density at radius 1 is 0.724 bits per heavy atom. The molecule has 29 heavy (non-hydrogen) atoms. The van der Waals surface area contributed by atoms with Gasteiger partial charge in [0.25, 0.3) is 0 Å². The summed E-state index contributed by atoms with van der Waals surface area (Å²) in [6, 6.07) is 26.6. The average Bonchev–Trinajstić information content (AvgIpc) is 2.91. The Labute approximate surface area is 174 Å². The summed E-state index contributed by atoms with van der Waals surface area (Å²) < 4.78 is 0. The SMILES string of the molecule is Cc1cccc(CN2CCC(=C3c4ccccc4C=Cc4ccccc43)CC2)c1. The second kappa shape index (κ2) is 7.85. The summed E-state index contributed by atoms with van der Waals surface area (Å²) in [4.78, 5) is 2.60. The molecule has 1 nitrogen and oxygen atoms in total. The van der Waals surface area contributed by atoms with Crippen LogP contribution >= 0.6 is 0 Å². The van der Waals surface area contributed by atoms with E-state index in [1.807, 2.05) is 0 Å². The van der Waals surface area contributed by atoms with Gasteiger partial charge in [-0.15, -0.1) is 0 Å². The molecule has 0 saturated carbocycles. The summed E-state index contributed by atoms with van der Waals surface area (Å²) in [5.74, 6) is 0. The third-order valence-electron chi connectivity index (χ3n) is 6.20. The minimum absolute atomic E-state index is 1.05. The van der Waals surface area contributed by atoms with Gasteiger partial charge in [0, 0.05) is 19.6 Å². The van der Waals surface area contributed by atoms with E-state index in [0.717, 1.165) is 32.5 Å².